The van der Waals surface area contributed by atoms with Gasteiger partial charge >= 0.3 is 0 Å². The van der Waals surface area contributed by atoms with Gasteiger partial charge in [0.1, 0.15) is 11.9 Å². The van der Waals surface area contributed by atoms with Crippen LogP contribution in [0.4, 0.5) is 11.5 Å². The highest BCUT2D eigenvalue weighted by molar-refractivity contribution is 5.76. The molecule has 0 aliphatic carbocycles. The molecule has 2 aliphatic heterocycles. The minimum atomic E-state index is -0.142. The number of hydrogen-bond donors (Lipinski definition) is 1. The van der Waals surface area contributed by atoms with Gasteiger partial charge in [0.15, 0.2) is 0 Å². The Bertz CT molecular complexity index is 1090. The number of aromatic amines is 1. The van der Waals surface area contributed by atoms with E-state index < -0.39 is 0 Å². The summed E-state index contributed by atoms with van der Waals surface area (Å²) in [7, 11) is 2.06. The van der Waals surface area contributed by atoms with Crippen molar-refractivity contribution in [2.45, 2.75) is 32.2 Å². The molecule has 2 aromatic rings. The number of anilines is 2. The summed E-state index contributed by atoms with van der Waals surface area (Å²) >= 11 is 0. The van der Waals surface area contributed by atoms with E-state index >= 15 is 0 Å². The normalized spacial score (nSPS) is 18.4. The van der Waals surface area contributed by atoms with Crippen LogP contribution in [0.5, 0.6) is 0 Å². The van der Waals surface area contributed by atoms with Gasteiger partial charge < -0.3 is 19.6 Å². The molecule has 2 aliphatic rings. The SMILES string of the molecule is Cc1c(N2CCC[C@H]2CN(C)CCC(=O)N2CCN(c3ccc(C#N)cn3)CC2)cn[nH]c1=O. The molecule has 4 rings (SSSR count). The number of nitrogens with one attached hydrogen (secondary N) is 1. The van der Waals surface area contributed by atoms with E-state index in [1.807, 2.05) is 17.9 Å². The molecular formula is C24H32N8O2. The third kappa shape index (κ3) is 5.37. The van der Waals surface area contributed by atoms with Crippen molar-refractivity contribution < 1.29 is 4.79 Å². The van der Waals surface area contributed by atoms with E-state index in [0.29, 0.717) is 43.2 Å². The van der Waals surface area contributed by atoms with Crippen LogP contribution in [0.1, 0.15) is 30.4 Å². The minimum absolute atomic E-state index is 0.142. The quantitative estimate of drug-likeness (QED) is 0.645. The summed E-state index contributed by atoms with van der Waals surface area (Å²) in [6, 6.07) is 6.03. The van der Waals surface area contributed by atoms with Gasteiger partial charge in [-0.3, -0.25) is 9.59 Å². The van der Waals surface area contributed by atoms with E-state index in [1.165, 1.54) is 0 Å². The first-order chi connectivity index (χ1) is 16.5. The molecule has 1 amide bonds. The maximum atomic E-state index is 12.8. The third-order valence-electron chi connectivity index (χ3n) is 6.83. The highest BCUT2D eigenvalue weighted by Crippen LogP contribution is 2.26. The summed E-state index contributed by atoms with van der Waals surface area (Å²) in [6.45, 7) is 7.13. The van der Waals surface area contributed by atoms with Crippen LogP contribution in [0.25, 0.3) is 0 Å². The predicted molar refractivity (Wildman–Crippen MR) is 130 cm³/mol. The predicted octanol–water partition coefficient (Wildman–Crippen LogP) is 0.985. The number of rotatable bonds is 7. The molecule has 1 N–H and O–H groups in total. The van der Waals surface area contributed by atoms with E-state index in [0.717, 1.165) is 50.5 Å². The van der Waals surface area contributed by atoms with E-state index in [4.69, 9.17) is 5.26 Å². The Balaban J connectivity index is 1.23. The van der Waals surface area contributed by atoms with Gasteiger partial charge in [0.25, 0.3) is 5.56 Å². The lowest BCUT2D eigenvalue weighted by Crippen LogP contribution is -2.49. The maximum Gasteiger partial charge on any atom is 0.269 e. The van der Waals surface area contributed by atoms with Gasteiger partial charge in [0, 0.05) is 70.0 Å². The Kier molecular flexibility index (Phi) is 7.43. The molecule has 0 saturated carbocycles. The Morgan fingerprint density at radius 1 is 1.24 bits per heavy atom. The highest BCUT2D eigenvalue weighted by Gasteiger charge is 2.28. The minimum Gasteiger partial charge on any atom is -0.366 e. The first kappa shape index (κ1) is 23.7. The molecule has 0 unspecified atom stereocenters. The number of aromatic nitrogens is 3. The fourth-order valence-corrected chi connectivity index (χ4v) is 4.80. The molecule has 10 nitrogen and oxygen atoms in total. The van der Waals surface area contributed by atoms with Gasteiger partial charge in [-0.15, -0.1) is 0 Å². The third-order valence-corrected chi connectivity index (χ3v) is 6.83. The summed E-state index contributed by atoms with van der Waals surface area (Å²) < 4.78 is 0. The summed E-state index contributed by atoms with van der Waals surface area (Å²) in [5.74, 6) is 1.02. The molecule has 34 heavy (non-hydrogen) atoms. The Morgan fingerprint density at radius 2 is 2.03 bits per heavy atom. The number of piperazine rings is 1. The standard InChI is InChI=1S/C24H32N8O2/c1-18-21(16-27-28-24(18)34)32-8-3-4-20(32)17-29(2)9-7-23(33)31-12-10-30(11-13-31)22-6-5-19(14-25)15-26-22/h5-6,15-16,20H,3-4,7-13,17H2,1-2H3,(H,28,34)/t20-/m0/s1. The average molecular weight is 465 g/mol. The van der Waals surface area contributed by atoms with Crippen LogP contribution in [0, 0.1) is 18.3 Å². The molecule has 1 atom stereocenters. The highest BCUT2D eigenvalue weighted by atomic mass is 16.2. The van der Waals surface area contributed by atoms with Crippen molar-refractivity contribution in [2.24, 2.45) is 0 Å². The first-order valence-corrected chi connectivity index (χ1v) is 11.8. The zero-order valence-corrected chi connectivity index (χ0v) is 19.9. The summed E-state index contributed by atoms with van der Waals surface area (Å²) in [6.07, 6.45) is 5.97. The summed E-state index contributed by atoms with van der Waals surface area (Å²) in [4.78, 5) is 37.7. The number of likely N-dealkylation sites (N-methyl/N-ethyl adjacent to an activating group) is 1. The Hall–Kier alpha value is -3.45. The lowest BCUT2D eigenvalue weighted by Gasteiger charge is -2.36. The monoisotopic (exact) mass is 464 g/mol. The van der Waals surface area contributed by atoms with Crippen molar-refractivity contribution in [1.82, 2.24) is 25.0 Å². The van der Waals surface area contributed by atoms with Gasteiger partial charge in [-0.2, -0.15) is 10.4 Å². The van der Waals surface area contributed by atoms with Crippen LogP contribution in [-0.4, -0.2) is 89.8 Å². The topological polar surface area (TPSA) is 112 Å². The van der Waals surface area contributed by atoms with Gasteiger partial charge in [0.05, 0.1) is 17.4 Å². The zero-order chi connectivity index (χ0) is 24.1. The molecule has 180 valence electrons. The fourth-order valence-electron chi connectivity index (χ4n) is 4.80. The molecule has 2 fully saturated rings. The second-order valence-electron chi connectivity index (χ2n) is 9.10. The first-order valence-electron chi connectivity index (χ1n) is 11.8. The molecule has 0 radical (unpaired) electrons. The van der Waals surface area contributed by atoms with Crippen molar-refractivity contribution in [3.05, 3.63) is 46.0 Å². The Morgan fingerprint density at radius 3 is 2.74 bits per heavy atom. The van der Waals surface area contributed by atoms with Crippen molar-refractivity contribution in [1.29, 1.82) is 5.26 Å². The molecular weight excluding hydrogens is 432 g/mol. The lowest BCUT2D eigenvalue weighted by atomic mass is 10.1. The van der Waals surface area contributed by atoms with Gasteiger partial charge in [-0.1, -0.05) is 0 Å². The van der Waals surface area contributed by atoms with Gasteiger partial charge in [-0.25, -0.2) is 10.1 Å². The largest absolute Gasteiger partial charge is 0.366 e. The van der Waals surface area contributed by atoms with E-state index in [2.05, 4.69) is 43.0 Å². The van der Waals surface area contributed by atoms with Crippen LogP contribution < -0.4 is 15.4 Å². The number of H-pyrrole nitrogens is 1. The summed E-state index contributed by atoms with van der Waals surface area (Å²) in [5, 5.41) is 15.4. The number of pyridine rings is 1. The van der Waals surface area contributed by atoms with Crippen molar-refractivity contribution in [3.8, 4) is 6.07 Å². The van der Waals surface area contributed by atoms with Crippen molar-refractivity contribution in [3.63, 3.8) is 0 Å². The van der Waals surface area contributed by atoms with Crippen LogP contribution in [-0.2, 0) is 4.79 Å². The molecule has 2 saturated heterocycles. The smallest absolute Gasteiger partial charge is 0.269 e. The maximum absolute atomic E-state index is 12.8. The Labute approximate surface area is 199 Å². The van der Waals surface area contributed by atoms with Crippen LogP contribution in [0.2, 0.25) is 0 Å². The number of carbonyl (C=O) groups is 1. The number of nitriles is 1. The number of carbonyl (C=O) groups excluding carboxylic acids is 1. The molecule has 0 spiro atoms. The number of amides is 1. The van der Waals surface area contributed by atoms with Gasteiger partial charge in [0.2, 0.25) is 5.91 Å². The van der Waals surface area contributed by atoms with E-state index in [-0.39, 0.29) is 11.5 Å². The fraction of sp³-hybridized carbons (Fsp3) is 0.542. The van der Waals surface area contributed by atoms with Crippen LogP contribution in [0.3, 0.4) is 0 Å². The van der Waals surface area contributed by atoms with Crippen molar-refractivity contribution in [2.75, 3.05) is 62.7 Å². The molecule has 4 heterocycles. The summed E-state index contributed by atoms with van der Waals surface area (Å²) in [5.41, 5.74) is 2.02. The zero-order valence-electron chi connectivity index (χ0n) is 19.9. The van der Waals surface area contributed by atoms with Gasteiger partial charge in [-0.05, 0) is 38.9 Å². The van der Waals surface area contributed by atoms with E-state index in [1.54, 1.807) is 18.5 Å². The molecule has 0 bridgehead atoms. The van der Waals surface area contributed by atoms with E-state index in [9.17, 15) is 9.59 Å². The van der Waals surface area contributed by atoms with Crippen molar-refractivity contribution >= 4 is 17.4 Å². The second-order valence-corrected chi connectivity index (χ2v) is 9.10. The van der Waals surface area contributed by atoms with Crippen LogP contribution in [0.15, 0.2) is 29.3 Å². The molecule has 0 aromatic carbocycles. The lowest BCUT2D eigenvalue weighted by molar-refractivity contribution is -0.131. The molecule has 2 aromatic heterocycles. The molecule has 10 heteroatoms. The average Bonchev–Trinajstić information content (AvgIpc) is 3.32. The number of nitrogens with zero attached hydrogens (tertiary/aromatic N) is 7. The van der Waals surface area contributed by atoms with Crippen LogP contribution >= 0.6 is 0 Å². The second kappa shape index (κ2) is 10.7. The number of hydrogen-bond acceptors (Lipinski definition) is 8.